The molecule has 1 N–H and O–H groups in total. The number of aliphatic hydroxyl groups excluding tert-OH is 1. The van der Waals surface area contributed by atoms with Gasteiger partial charge < -0.3 is 14.6 Å². The highest BCUT2D eigenvalue weighted by Gasteiger charge is 2.33. The number of rotatable bonds is 9. The van der Waals surface area contributed by atoms with Gasteiger partial charge in [0.25, 0.3) is 0 Å². The fourth-order valence-corrected chi connectivity index (χ4v) is 2.49. The summed E-state index contributed by atoms with van der Waals surface area (Å²) >= 11 is 0. The fourth-order valence-electron chi connectivity index (χ4n) is 2.49. The van der Waals surface area contributed by atoms with Crippen LogP contribution < -0.4 is 4.74 Å². The van der Waals surface area contributed by atoms with E-state index in [9.17, 15) is 18.3 Å². The third-order valence-corrected chi connectivity index (χ3v) is 3.91. The van der Waals surface area contributed by atoms with E-state index < -0.39 is 18.3 Å². The topological polar surface area (TPSA) is 38.7 Å². The minimum atomic E-state index is -4.48. The molecule has 2 aromatic rings. The van der Waals surface area contributed by atoms with Crippen LogP contribution in [0.15, 0.2) is 42.5 Å². The highest BCUT2D eigenvalue weighted by Crippen LogP contribution is 2.34. The first-order chi connectivity index (χ1) is 12.5. The zero-order valence-corrected chi connectivity index (χ0v) is 14.7. The van der Waals surface area contributed by atoms with Crippen LogP contribution in [0, 0.1) is 0 Å². The van der Waals surface area contributed by atoms with Crippen LogP contribution in [0.25, 0.3) is 11.1 Å². The van der Waals surface area contributed by atoms with E-state index in [-0.39, 0.29) is 5.56 Å². The van der Waals surface area contributed by atoms with Crippen LogP contribution in [-0.4, -0.2) is 24.9 Å². The summed E-state index contributed by atoms with van der Waals surface area (Å²) in [6.45, 7) is 3.11. The van der Waals surface area contributed by atoms with Crippen molar-refractivity contribution in [3.8, 4) is 16.9 Å². The lowest BCUT2D eigenvalue weighted by Crippen LogP contribution is -2.09. The van der Waals surface area contributed by atoms with Gasteiger partial charge in [-0.15, -0.1) is 0 Å². The molecule has 0 unspecified atom stereocenters. The average molecular weight is 368 g/mol. The molecule has 6 heteroatoms. The molecule has 0 fully saturated rings. The highest BCUT2D eigenvalue weighted by molar-refractivity contribution is 5.65. The molecule has 0 radical (unpaired) electrons. The van der Waals surface area contributed by atoms with Crippen LogP contribution in [-0.2, 0) is 17.5 Å². The summed E-state index contributed by atoms with van der Waals surface area (Å²) in [5, 5.41) is 9.24. The standard InChI is InChI=1S/C20H23F3O3/c1-2-3-10-25-11-12-26-18-7-4-15(5-8-18)16-6-9-19(20(21,22)23)17(13-16)14-24/h4-9,13,24H,2-3,10-12,14H2,1H3. The molecule has 2 rings (SSSR count). The van der Waals surface area contributed by atoms with Gasteiger partial charge in [-0.25, -0.2) is 0 Å². The molecule has 26 heavy (non-hydrogen) atoms. The maximum Gasteiger partial charge on any atom is 0.416 e. The lowest BCUT2D eigenvalue weighted by atomic mass is 9.99. The first-order valence-corrected chi connectivity index (χ1v) is 8.57. The van der Waals surface area contributed by atoms with E-state index in [1.165, 1.54) is 12.1 Å². The van der Waals surface area contributed by atoms with Crippen molar-refractivity contribution in [2.75, 3.05) is 19.8 Å². The van der Waals surface area contributed by atoms with Crippen molar-refractivity contribution < 1.29 is 27.8 Å². The molecule has 0 saturated carbocycles. The average Bonchev–Trinajstić information content (AvgIpc) is 2.64. The summed E-state index contributed by atoms with van der Waals surface area (Å²) in [6, 6.07) is 10.8. The van der Waals surface area contributed by atoms with Crippen LogP contribution in [0.5, 0.6) is 5.75 Å². The molecule has 3 nitrogen and oxygen atoms in total. The maximum absolute atomic E-state index is 12.9. The monoisotopic (exact) mass is 368 g/mol. The second-order valence-electron chi connectivity index (χ2n) is 5.87. The van der Waals surface area contributed by atoms with E-state index in [0.717, 1.165) is 31.1 Å². The third-order valence-electron chi connectivity index (χ3n) is 3.91. The number of hydrogen-bond donors (Lipinski definition) is 1. The van der Waals surface area contributed by atoms with Crippen LogP contribution in [0.2, 0.25) is 0 Å². The van der Waals surface area contributed by atoms with E-state index in [2.05, 4.69) is 6.92 Å². The Bertz CT molecular complexity index is 682. The second kappa shape index (κ2) is 9.59. The van der Waals surface area contributed by atoms with Crippen molar-refractivity contribution in [1.29, 1.82) is 0 Å². The lowest BCUT2D eigenvalue weighted by molar-refractivity contribution is -0.138. The predicted octanol–water partition coefficient (Wildman–Crippen LogP) is 5.06. The van der Waals surface area contributed by atoms with Crippen LogP contribution in [0.3, 0.4) is 0 Å². The Kier molecular flexibility index (Phi) is 7.48. The normalized spacial score (nSPS) is 11.6. The minimum absolute atomic E-state index is 0.139. The van der Waals surface area contributed by atoms with Crippen molar-refractivity contribution in [1.82, 2.24) is 0 Å². The van der Waals surface area contributed by atoms with E-state index in [4.69, 9.17) is 9.47 Å². The van der Waals surface area contributed by atoms with Gasteiger partial charge in [0.05, 0.1) is 18.8 Å². The molecule has 0 spiro atoms. The molecular weight excluding hydrogens is 345 g/mol. The SMILES string of the molecule is CCCCOCCOc1ccc(-c2ccc(C(F)(F)F)c(CO)c2)cc1. The second-order valence-corrected chi connectivity index (χ2v) is 5.87. The Morgan fingerprint density at radius 2 is 1.62 bits per heavy atom. The molecule has 142 valence electrons. The molecule has 0 aliphatic heterocycles. The van der Waals surface area contributed by atoms with Crippen molar-refractivity contribution in [2.45, 2.75) is 32.5 Å². The Morgan fingerprint density at radius 3 is 2.23 bits per heavy atom. The predicted molar refractivity (Wildman–Crippen MR) is 94.0 cm³/mol. The van der Waals surface area contributed by atoms with E-state index in [0.29, 0.717) is 24.5 Å². The van der Waals surface area contributed by atoms with Gasteiger partial charge in [-0.1, -0.05) is 31.5 Å². The molecule has 0 saturated heterocycles. The molecule has 0 aliphatic rings. The molecule has 2 aromatic carbocycles. The van der Waals surface area contributed by atoms with Crippen molar-refractivity contribution >= 4 is 0 Å². The number of halogens is 3. The Hall–Kier alpha value is -2.05. The molecule has 0 atom stereocenters. The summed E-state index contributed by atoms with van der Waals surface area (Å²) in [6.07, 6.45) is -2.37. The molecule has 0 aromatic heterocycles. The Morgan fingerprint density at radius 1 is 0.923 bits per heavy atom. The van der Waals surface area contributed by atoms with Crippen molar-refractivity contribution in [2.24, 2.45) is 0 Å². The van der Waals surface area contributed by atoms with Gasteiger partial charge in [-0.2, -0.15) is 13.2 Å². The first kappa shape index (κ1) is 20.3. The van der Waals surface area contributed by atoms with Gasteiger partial charge in [0.1, 0.15) is 12.4 Å². The summed E-state index contributed by atoms with van der Waals surface area (Å²) in [5.41, 5.74) is 0.405. The fraction of sp³-hybridized carbons (Fsp3) is 0.400. The minimum Gasteiger partial charge on any atom is -0.491 e. The van der Waals surface area contributed by atoms with Gasteiger partial charge in [0.15, 0.2) is 0 Å². The number of unbranched alkanes of at least 4 members (excludes halogenated alkanes) is 1. The van der Waals surface area contributed by atoms with Gasteiger partial charge in [0.2, 0.25) is 0 Å². The lowest BCUT2D eigenvalue weighted by Gasteiger charge is -2.13. The van der Waals surface area contributed by atoms with Gasteiger partial charge in [-0.3, -0.25) is 0 Å². The number of aliphatic hydroxyl groups is 1. The van der Waals surface area contributed by atoms with Gasteiger partial charge in [0, 0.05) is 6.61 Å². The summed E-state index contributed by atoms with van der Waals surface area (Å²) in [4.78, 5) is 0. The zero-order valence-electron chi connectivity index (χ0n) is 14.7. The zero-order chi connectivity index (χ0) is 19.0. The van der Waals surface area contributed by atoms with Crippen LogP contribution in [0.4, 0.5) is 13.2 Å². The molecular formula is C20H23F3O3. The smallest absolute Gasteiger partial charge is 0.416 e. The summed E-state index contributed by atoms with van der Waals surface area (Å²) in [7, 11) is 0. The molecule has 0 heterocycles. The number of benzene rings is 2. The third kappa shape index (κ3) is 5.75. The van der Waals surface area contributed by atoms with Crippen LogP contribution >= 0.6 is 0 Å². The molecule has 0 aliphatic carbocycles. The number of alkyl halides is 3. The van der Waals surface area contributed by atoms with Gasteiger partial charge in [-0.05, 0) is 47.4 Å². The Labute approximate surface area is 151 Å². The summed E-state index contributed by atoms with van der Waals surface area (Å²) < 4.78 is 49.7. The highest BCUT2D eigenvalue weighted by atomic mass is 19.4. The maximum atomic E-state index is 12.9. The van der Waals surface area contributed by atoms with Crippen molar-refractivity contribution in [3.63, 3.8) is 0 Å². The number of ether oxygens (including phenoxy) is 2. The van der Waals surface area contributed by atoms with E-state index in [1.54, 1.807) is 24.3 Å². The quantitative estimate of drug-likeness (QED) is 0.629. The van der Waals surface area contributed by atoms with E-state index >= 15 is 0 Å². The molecule has 0 amide bonds. The summed E-state index contributed by atoms with van der Waals surface area (Å²) in [5.74, 6) is 0.669. The molecule has 0 bridgehead atoms. The first-order valence-electron chi connectivity index (χ1n) is 8.57. The van der Waals surface area contributed by atoms with Crippen LogP contribution in [0.1, 0.15) is 30.9 Å². The van der Waals surface area contributed by atoms with E-state index in [1.807, 2.05) is 0 Å². The van der Waals surface area contributed by atoms with Crippen molar-refractivity contribution in [3.05, 3.63) is 53.6 Å². The Balaban J connectivity index is 1.99. The largest absolute Gasteiger partial charge is 0.491 e. The number of hydrogen-bond acceptors (Lipinski definition) is 3. The van der Waals surface area contributed by atoms with Gasteiger partial charge >= 0.3 is 6.18 Å².